The summed E-state index contributed by atoms with van der Waals surface area (Å²) >= 11 is 0. The van der Waals surface area contributed by atoms with Crippen molar-refractivity contribution in [2.45, 2.75) is 58.3 Å². The second-order valence-electron chi connectivity index (χ2n) is 5.24. The second kappa shape index (κ2) is 5.51. The summed E-state index contributed by atoms with van der Waals surface area (Å²) in [6.07, 6.45) is 6.96. The molecule has 0 saturated heterocycles. The van der Waals surface area contributed by atoms with E-state index in [2.05, 4.69) is 6.92 Å². The molecule has 0 radical (unpaired) electrons. The van der Waals surface area contributed by atoms with Crippen LogP contribution in [0.2, 0.25) is 0 Å². The van der Waals surface area contributed by atoms with Crippen LogP contribution < -0.4 is 5.73 Å². The van der Waals surface area contributed by atoms with Crippen molar-refractivity contribution in [2.75, 3.05) is 0 Å². The van der Waals surface area contributed by atoms with Crippen molar-refractivity contribution in [1.29, 1.82) is 0 Å². The lowest BCUT2D eigenvalue weighted by atomic mass is 9.84. The SMILES string of the molecule is CCc1nc(C2CCCCC2)c(C(N)=O)cc1C. The molecule has 0 aliphatic heterocycles. The van der Waals surface area contributed by atoms with Crippen LogP contribution in [0.5, 0.6) is 0 Å². The van der Waals surface area contributed by atoms with Gasteiger partial charge >= 0.3 is 0 Å². The molecule has 1 heterocycles. The maximum Gasteiger partial charge on any atom is 0.250 e. The first kappa shape index (κ1) is 13.1. The highest BCUT2D eigenvalue weighted by atomic mass is 16.1. The predicted molar refractivity (Wildman–Crippen MR) is 72.7 cm³/mol. The summed E-state index contributed by atoms with van der Waals surface area (Å²) < 4.78 is 0. The second-order valence-corrected chi connectivity index (χ2v) is 5.24. The first-order valence-corrected chi connectivity index (χ1v) is 6.93. The molecule has 0 bridgehead atoms. The molecule has 1 aliphatic carbocycles. The molecule has 0 aromatic carbocycles. The summed E-state index contributed by atoms with van der Waals surface area (Å²) in [5.41, 5.74) is 9.26. The standard InChI is InChI=1S/C15H22N2O/c1-3-13-10(2)9-12(15(16)18)14(17-13)11-7-5-4-6-8-11/h9,11H,3-8H2,1-2H3,(H2,16,18). The Morgan fingerprint density at radius 2 is 2.06 bits per heavy atom. The third kappa shape index (κ3) is 2.55. The minimum Gasteiger partial charge on any atom is -0.366 e. The van der Waals surface area contributed by atoms with Gasteiger partial charge in [0.05, 0.1) is 11.3 Å². The number of nitrogens with two attached hydrogens (primary N) is 1. The fourth-order valence-corrected chi connectivity index (χ4v) is 2.91. The van der Waals surface area contributed by atoms with Crippen LogP contribution in [0.25, 0.3) is 0 Å². The number of carbonyl (C=O) groups is 1. The van der Waals surface area contributed by atoms with Crippen LogP contribution in [-0.2, 0) is 6.42 Å². The van der Waals surface area contributed by atoms with Gasteiger partial charge in [0.2, 0.25) is 0 Å². The maximum atomic E-state index is 11.6. The van der Waals surface area contributed by atoms with Crippen molar-refractivity contribution in [3.05, 3.63) is 28.6 Å². The highest BCUT2D eigenvalue weighted by molar-refractivity contribution is 5.94. The van der Waals surface area contributed by atoms with Crippen LogP contribution >= 0.6 is 0 Å². The molecule has 0 unspecified atom stereocenters. The molecule has 1 aliphatic rings. The average molecular weight is 246 g/mol. The molecule has 1 aromatic heterocycles. The van der Waals surface area contributed by atoms with Crippen LogP contribution in [0.3, 0.4) is 0 Å². The van der Waals surface area contributed by atoms with Crippen molar-refractivity contribution in [3.63, 3.8) is 0 Å². The zero-order valence-corrected chi connectivity index (χ0v) is 11.3. The van der Waals surface area contributed by atoms with E-state index in [1.807, 2.05) is 13.0 Å². The summed E-state index contributed by atoms with van der Waals surface area (Å²) in [6.45, 7) is 4.10. The average Bonchev–Trinajstić information content (AvgIpc) is 2.39. The van der Waals surface area contributed by atoms with Gasteiger partial charge in [0.1, 0.15) is 0 Å². The number of primary amides is 1. The summed E-state index contributed by atoms with van der Waals surface area (Å²) in [7, 11) is 0. The Bertz CT molecular complexity index is 448. The summed E-state index contributed by atoms with van der Waals surface area (Å²) in [6, 6.07) is 1.93. The summed E-state index contributed by atoms with van der Waals surface area (Å²) in [5, 5.41) is 0. The van der Waals surface area contributed by atoms with E-state index in [0.29, 0.717) is 11.5 Å². The topological polar surface area (TPSA) is 56.0 Å². The third-order valence-corrected chi connectivity index (χ3v) is 3.94. The van der Waals surface area contributed by atoms with Gasteiger partial charge in [0.15, 0.2) is 0 Å². The fraction of sp³-hybridized carbons (Fsp3) is 0.600. The first-order chi connectivity index (χ1) is 8.63. The molecule has 0 atom stereocenters. The Morgan fingerprint density at radius 1 is 1.39 bits per heavy atom. The van der Waals surface area contributed by atoms with Crippen LogP contribution in [0.15, 0.2) is 6.07 Å². The van der Waals surface area contributed by atoms with E-state index < -0.39 is 0 Å². The Morgan fingerprint density at radius 3 is 2.61 bits per heavy atom. The van der Waals surface area contributed by atoms with E-state index in [0.717, 1.165) is 36.2 Å². The van der Waals surface area contributed by atoms with Crippen molar-refractivity contribution < 1.29 is 4.79 Å². The van der Waals surface area contributed by atoms with Gasteiger partial charge in [-0.2, -0.15) is 0 Å². The van der Waals surface area contributed by atoms with E-state index in [4.69, 9.17) is 10.7 Å². The van der Waals surface area contributed by atoms with Gasteiger partial charge in [-0.05, 0) is 37.8 Å². The van der Waals surface area contributed by atoms with Crippen LogP contribution in [0.1, 0.15) is 72.3 Å². The Kier molecular flexibility index (Phi) is 4.00. The molecular weight excluding hydrogens is 224 g/mol. The lowest BCUT2D eigenvalue weighted by Crippen LogP contribution is -2.19. The smallest absolute Gasteiger partial charge is 0.250 e. The number of hydrogen-bond acceptors (Lipinski definition) is 2. The Balaban J connectivity index is 2.44. The van der Waals surface area contributed by atoms with Crippen molar-refractivity contribution in [2.24, 2.45) is 5.73 Å². The Labute approximate surface area is 109 Å². The lowest BCUT2D eigenvalue weighted by molar-refractivity contribution is 0.0998. The first-order valence-electron chi connectivity index (χ1n) is 6.93. The summed E-state index contributed by atoms with van der Waals surface area (Å²) in [4.78, 5) is 16.3. The number of amides is 1. The highest BCUT2D eigenvalue weighted by Gasteiger charge is 2.23. The zero-order chi connectivity index (χ0) is 13.1. The molecule has 1 saturated carbocycles. The molecule has 98 valence electrons. The largest absolute Gasteiger partial charge is 0.366 e. The quantitative estimate of drug-likeness (QED) is 0.891. The monoisotopic (exact) mass is 246 g/mol. The van der Waals surface area contributed by atoms with Gasteiger partial charge in [0, 0.05) is 11.6 Å². The fourth-order valence-electron chi connectivity index (χ4n) is 2.91. The maximum absolute atomic E-state index is 11.6. The van der Waals surface area contributed by atoms with E-state index in [1.54, 1.807) is 0 Å². The number of carbonyl (C=O) groups excluding carboxylic acids is 1. The normalized spacial score (nSPS) is 16.8. The van der Waals surface area contributed by atoms with E-state index in [9.17, 15) is 4.79 Å². The van der Waals surface area contributed by atoms with Crippen molar-refractivity contribution >= 4 is 5.91 Å². The predicted octanol–water partition coefficient (Wildman–Crippen LogP) is 3.10. The zero-order valence-electron chi connectivity index (χ0n) is 11.3. The molecule has 1 fully saturated rings. The number of rotatable bonds is 3. The number of nitrogens with zero attached hydrogens (tertiary/aromatic N) is 1. The van der Waals surface area contributed by atoms with E-state index >= 15 is 0 Å². The molecule has 3 nitrogen and oxygen atoms in total. The molecule has 1 aromatic rings. The van der Waals surface area contributed by atoms with Gasteiger partial charge < -0.3 is 5.73 Å². The number of aromatic nitrogens is 1. The molecule has 18 heavy (non-hydrogen) atoms. The molecule has 1 amide bonds. The molecule has 0 spiro atoms. The minimum atomic E-state index is -0.339. The van der Waals surface area contributed by atoms with Crippen molar-refractivity contribution in [3.8, 4) is 0 Å². The van der Waals surface area contributed by atoms with Crippen LogP contribution in [0.4, 0.5) is 0 Å². The molecule has 3 heteroatoms. The van der Waals surface area contributed by atoms with E-state index in [1.165, 1.54) is 19.3 Å². The minimum absolute atomic E-state index is 0.339. The number of hydrogen-bond donors (Lipinski definition) is 1. The van der Waals surface area contributed by atoms with Gasteiger partial charge in [-0.25, -0.2) is 0 Å². The highest BCUT2D eigenvalue weighted by Crippen LogP contribution is 2.34. The van der Waals surface area contributed by atoms with Gasteiger partial charge in [0.25, 0.3) is 5.91 Å². The molecule has 2 rings (SSSR count). The molecular formula is C15H22N2O. The number of aryl methyl sites for hydroxylation is 2. The van der Waals surface area contributed by atoms with Gasteiger partial charge in [-0.3, -0.25) is 9.78 Å². The van der Waals surface area contributed by atoms with Gasteiger partial charge in [-0.15, -0.1) is 0 Å². The van der Waals surface area contributed by atoms with Crippen LogP contribution in [-0.4, -0.2) is 10.9 Å². The van der Waals surface area contributed by atoms with Crippen LogP contribution in [0, 0.1) is 6.92 Å². The van der Waals surface area contributed by atoms with E-state index in [-0.39, 0.29) is 5.91 Å². The van der Waals surface area contributed by atoms with Gasteiger partial charge in [-0.1, -0.05) is 26.2 Å². The summed E-state index contributed by atoms with van der Waals surface area (Å²) in [5.74, 6) is 0.0842. The lowest BCUT2D eigenvalue weighted by Gasteiger charge is -2.23. The van der Waals surface area contributed by atoms with Crippen molar-refractivity contribution in [1.82, 2.24) is 4.98 Å². The third-order valence-electron chi connectivity index (χ3n) is 3.94. The molecule has 2 N–H and O–H groups in total. The Hall–Kier alpha value is -1.38. The number of pyridine rings is 1.